The normalized spacial score (nSPS) is 18.0. The van der Waals surface area contributed by atoms with E-state index in [2.05, 4.69) is 38.3 Å². The lowest BCUT2D eigenvalue weighted by Gasteiger charge is -2.39. The van der Waals surface area contributed by atoms with Crippen molar-refractivity contribution >= 4 is 29.5 Å². The van der Waals surface area contributed by atoms with E-state index < -0.39 is 29.7 Å². The molecule has 0 aromatic heterocycles. The van der Waals surface area contributed by atoms with Gasteiger partial charge >= 0.3 is 0 Å². The number of nitrogens with zero attached hydrogens (tertiary/aromatic N) is 3. The minimum Gasteiger partial charge on any atom is -0.379 e. The highest BCUT2D eigenvalue weighted by Gasteiger charge is 2.42. The number of nitrogens with two attached hydrogens (primary N) is 1. The molecule has 4 N–H and O–H groups in total. The van der Waals surface area contributed by atoms with Gasteiger partial charge < -0.3 is 35.6 Å². The van der Waals surface area contributed by atoms with Crippen molar-refractivity contribution in [3.05, 3.63) is 35.9 Å². The number of nitrogens with one attached hydrogen (secondary N) is 2. The van der Waals surface area contributed by atoms with E-state index in [1.165, 1.54) is 0 Å². The molecule has 0 aliphatic carbocycles. The molecular formula is C46H82N6O7. The van der Waals surface area contributed by atoms with Crippen molar-refractivity contribution in [2.45, 2.75) is 170 Å². The second-order valence-corrected chi connectivity index (χ2v) is 18.6. The van der Waals surface area contributed by atoms with Crippen molar-refractivity contribution in [2.75, 3.05) is 34.9 Å². The van der Waals surface area contributed by atoms with Crippen molar-refractivity contribution in [1.29, 1.82) is 0 Å². The molecule has 0 radical (unpaired) electrons. The Hall–Kier alpha value is -3.55. The summed E-state index contributed by atoms with van der Waals surface area (Å²) in [4.78, 5) is 70.8. The van der Waals surface area contributed by atoms with E-state index in [0.29, 0.717) is 31.8 Å². The lowest BCUT2D eigenvalue weighted by molar-refractivity contribution is -0.146. The number of benzene rings is 1. The number of ether oxygens (including phenoxy) is 2. The molecule has 5 amide bonds. The van der Waals surface area contributed by atoms with Gasteiger partial charge in [-0.3, -0.25) is 28.9 Å². The summed E-state index contributed by atoms with van der Waals surface area (Å²) in [5, 5.41) is 5.99. The van der Waals surface area contributed by atoms with Gasteiger partial charge in [0.2, 0.25) is 29.5 Å². The zero-order valence-electron chi connectivity index (χ0n) is 39.5. The van der Waals surface area contributed by atoms with Gasteiger partial charge in [0.25, 0.3) is 0 Å². The smallest absolute Gasteiger partial charge is 0.243 e. The average molecular weight is 831 g/mol. The third-order valence-electron chi connectivity index (χ3n) is 11.5. The molecule has 1 aromatic carbocycles. The Morgan fingerprint density at radius 3 is 1.93 bits per heavy atom. The Bertz CT molecular complexity index is 1450. The monoisotopic (exact) mass is 831 g/mol. The van der Waals surface area contributed by atoms with Crippen molar-refractivity contribution in [3.8, 4) is 0 Å². The van der Waals surface area contributed by atoms with Gasteiger partial charge in [0.15, 0.2) is 0 Å². The summed E-state index contributed by atoms with van der Waals surface area (Å²) < 4.78 is 11.9. The highest BCUT2D eigenvalue weighted by atomic mass is 16.5. The summed E-state index contributed by atoms with van der Waals surface area (Å²) in [5.74, 6) is -0.857. The van der Waals surface area contributed by atoms with Crippen LogP contribution in [0.15, 0.2) is 30.3 Å². The number of rotatable bonds is 21. The van der Waals surface area contributed by atoms with Crippen LogP contribution in [0.1, 0.15) is 121 Å². The van der Waals surface area contributed by atoms with E-state index in [4.69, 9.17) is 15.2 Å². The number of amides is 5. The van der Waals surface area contributed by atoms with Crippen LogP contribution in [0.5, 0.6) is 0 Å². The number of primary amides is 1. The van der Waals surface area contributed by atoms with E-state index >= 15 is 0 Å². The lowest BCUT2D eigenvalue weighted by Crippen LogP contribution is -2.56. The largest absolute Gasteiger partial charge is 0.379 e. The molecule has 1 heterocycles. The van der Waals surface area contributed by atoms with Crippen LogP contribution in [0.4, 0.5) is 0 Å². The van der Waals surface area contributed by atoms with Crippen LogP contribution in [-0.2, 0) is 39.9 Å². The zero-order valence-corrected chi connectivity index (χ0v) is 39.5. The van der Waals surface area contributed by atoms with Crippen LogP contribution >= 0.6 is 0 Å². The first-order valence-electron chi connectivity index (χ1n) is 21.7. The van der Waals surface area contributed by atoms with E-state index in [1.54, 1.807) is 26.0 Å². The fraction of sp³-hybridized carbons (Fsp3) is 0.761. The molecule has 0 saturated carbocycles. The molecule has 0 bridgehead atoms. The van der Waals surface area contributed by atoms with Gasteiger partial charge in [0, 0.05) is 52.2 Å². The van der Waals surface area contributed by atoms with Gasteiger partial charge in [-0.1, -0.05) is 85.2 Å². The fourth-order valence-electron chi connectivity index (χ4n) is 7.96. The van der Waals surface area contributed by atoms with Crippen LogP contribution in [-0.4, -0.2) is 127 Å². The van der Waals surface area contributed by atoms with Crippen LogP contribution in [0, 0.1) is 23.7 Å². The second kappa shape index (κ2) is 25.3. The Morgan fingerprint density at radius 1 is 0.898 bits per heavy atom. The lowest BCUT2D eigenvalue weighted by atomic mass is 9.90. The zero-order chi connectivity index (χ0) is 45.4. The number of hydrogen-bond donors (Lipinski definition) is 3. The molecule has 8 atom stereocenters. The number of carbonyl (C=O) groups excluding carboxylic acids is 5. The Kier molecular flexibility index (Phi) is 22.9. The van der Waals surface area contributed by atoms with Gasteiger partial charge in [0.05, 0.1) is 42.7 Å². The van der Waals surface area contributed by atoms with Crippen molar-refractivity contribution in [3.63, 3.8) is 0 Å². The molecule has 13 nitrogen and oxygen atoms in total. The minimum absolute atomic E-state index is 0.0416. The standard InChI is InChI=1S/C37H62N4O6.C9H20N2O/c1-12-25(4)33(40(9)31(42)21-24(2)3)30(46-10)23-32(43)41-20-16-19-29(41)34(47-11)26(5)35(44)38-28(36(45)39-37(6,7)8)22-27-17-14-13-15-18-27;1-6(2)8(9(10)12)11(5)7(3)4/h13-15,17-18,24-26,28-30,33-34H,12,16,19-23H2,1-11H3,(H,38,44)(H,39,45);6-8H,1-5H3,(H2,10,12). The maximum atomic E-state index is 14.0. The molecule has 0 spiro atoms. The molecule has 13 heteroatoms. The van der Waals surface area contributed by atoms with Crippen LogP contribution in [0.25, 0.3) is 0 Å². The van der Waals surface area contributed by atoms with E-state index in [9.17, 15) is 24.0 Å². The molecule has 1 aliphatic rings. The SMILES string of the molecule is CC(C)C(C(N)=O)N(C)C(C)C.CCC(C)C(C(CC(=O)N1CCCC1C(OC)C(C)C(=O)NC(Cc1ccccc1)C(=O)NC(C)(C)C)OC)N(C)C(=O)CC(C)C. The van der Waals surface area contributed by atoms with E-state index in [1.807, 2.05) is 103 Å². The molecule has 1 aliphatic heterocycles. The fourth-order valence-corrected chi connectivity index (χ4v) is 7.96. The predicted molar refractivity (Wildman–Crippen MR) is 236 cm³/mol. The van der Waals surface area contributed by atoms with Crippen molar-refractivity contribution in [2.24, 2.45) is 29.4 Å². The molecular weight excluding hydrogens is 749 g/mol. The van der Waals surface area contributed by atoms with Gasteiger partial charge in [-0.05, 0) is 77.8 Å². The molecule has 1 fully saturated rings. The average Bonchev–Trinajstić information content (AvgIpc) is 3.63. The quantitative estimate of drug-likeness (QED) is 0.148. The summed E-state index contributed by atoms with van der Waals surface area (Å²) in [6, 6.07) is 8.45. The maximum Gasteiger partial charge on any atom is 0.243 e. The first-order valence-corrected chi connectivity index (χ1v) is 21.7. The van der Waals surface area contributed by atoms with Crippen molar-refractivity contribution < 1.29 is 33.4 Å². The highest BCUT2D eigenvalue weighted by molar-refractivity contribution is 5.89. The number of likely N-dealkylation sites (N-methyl/N-ethyl adjacent to an activating group) is 2. The maximum absolute atomic E-state index is 14.0. The summed E-state index contributed by atoms with van der Waals surface area (Å²) in [5.41, 5.74) is 5.77. The molecule has 2 rings (SSSR count). The summed E-state index contributed by atoms with van der Waals surface area (Å²) >= 11 is 0. The highest BCUT2D eigenvalue weighted by Crippen LogP contribution is 2.29. The van der Waals surface area contributed by atoms with Gasteiger partial charge in [-0.15, -0.1) is 0 Å². The van der Waals surface area contributed by atoms with Crippen molar-refractivity contribution in [1.82, 2.24) is 25.3 Å². The summed E-state index contributed by atoms with van der Waals surface area (Å²) in [7, 11) is 6.90. The Balaban J connectivity index is 0.00000125. The molecule has 59 heavy (non-hydrogen) atoms. The summed E-state index contributed by atoms with van der Waals surface area (Å²) in [6.07, 6.45) is 2.14. The number of methoxy groups -OCH3 is 2. The van der Waals surface area contributed by atoms with Crippen LogP contribution in [0.3, 0.4) is 0 Å². The number of carbonyl (C=O) groups is 5. The first kappa shape index (κ1) is 53.5. The van der Waals surface area contributed by atoms with Crippen LogP contribution in [0.2, 0.25) is 0 Å². The number of hydrogen-bond acceptors (Lipinski definition) is 8. The number of likely N-dealkylation sites (tertiary alicyclic amines) is 1. The Labute approximate surface area is 357 Å². The molecule has 1 saturated heterocycles. The van der Waals surface area contributed by atoms with Gasteiger partial charge in [-0.25, -0.2) is 0 Å². The van der Waals surface area contributed by atoms with Gasteiger partial charge in [0.1, 0.15) is 6.04 Å². The Morgan fingerprint density at radius 2 is 1.49 bits per heavy atom. The summed E-state index contributed by atoms with van der Waals surface area (Å²) in [6.45, 7) is 24.4. The molecule has 338 valence electrons. The third kappa shape index (κ3) is 17.2. The van der Waals surface area contributed by atoms with E-state index in [-0.39, 0.29) is 71.8 Å². The van der Waals surface area contributed by atoms with Gasteiger partial charge in [-0.2, -0.15) is 0 Å². The minimum atomic E-state index is -0.777. The second-order valence-electron chi connectivity index (χ2n) is 18.6. The molecule has 1 aromatic rings. The third-order valence-corrected chi connectivity index (χ3v) is 11.5. The van der Waals surface area contributed by atoms with E-state index in [0.717, 1.165) is 18.4 Å². The first-order chi connectivity index (χ1) is 27.4. The predicted octanol–water partition coefficient (Wildman–Crippen LogP) is 5.43. The topological polar surface area (TPSA) is 164 Å². The molecule has 8 unspecified atom stereocenters. The van der Waals surface area contributed by atoms with Crippen LogP contribution < -0.4 is 16.4 Å².